The summed E-state index contributed by atoms with van der Waals surface area (Å²) in [4.78, 5) is 3.97. The first kappa shape index (κ1) is 17.8. The number of rotatable bonds is 11. The molecule has 0 saturated heterocycles. The molecule has 1 N–H and O–H groups in total. The Morgan fingerprint density at radius 1 is 1.29 bits per heavy atom. The monoisotopic (exact) mass is 313 g/mol. The van der Waals surface area contributed by atoms with Crippen LogP contribution < -0.4 is 5.20 Å². The summed E-state index contributed by atoms with van der Waals surface area (Å²) >= 11 is 0. The molecule has 1 aromatic heterocycles. The molecule has 0 fully saturated rings. The van der Waals surface area contributed by atoms with E-state index in [0.717, 1.165) is 31.2 Å². The number of hydrogen-bond acceptors (Lipinski definition) is 5. The Kier molecular flexibility index (Phi) is 8.90. The van der Waals surface area contributed by atoms with Crippen molar-refractivity contribution >= 4 is 14.0 Å². The molecule has 0 bridgehead atoms. The summed E-state index contributed by atoms with van der Waals surface area (Å²) in [6.45, 7) is 4.85. The predicted molar refractivity (Wildman–Crippen MR) is 84.3 cm³/mol. The smallest absolute Gasteiger partial charge is 0.291 e. The first-order valence-corrected chi connectivity index (χ1v) is 8.84. The molecule has 7 heteroatoms. The quantitative estimate of drug-likeness (QED) is 0.291. The number of aromatic nitrogens is 1. The summed E-state index contributed by atoms with van der Waals surface area (Å²) in [5, 5.41) is 6.46. The van der Waals surface area contributed by atoms with E-state index in [2.05, 4.69) is 15.3 Å². The second kappa shape index (κ2) is 10.5. The summed E-state index contributed by atoms with van der Waals surface area (Å²) in [6.07, 6.45) is 8.46. The van der Waals surface area contributed by atoms with E-state index in [0.29, 0.717) is 13.2 Å². The molecule has 1 aromatic rings. The third-order valence-electron chi connectivity index (χ3n) is 2.60. The molecule has 21 heavy (non-hydrogen) atoms. The normalized spacial score (nSPS) is 11.9. The molecule has 0 amide bonds. The van der Waals surface area contributed by atoms with Crippen molar-refractivity contribution in [3.05, 3.63) is 30.1 Å². The second-order valence-corrected chi connectivity index (χ2v) is 6.23. The molecule has 0 aliphatic heterocycles. The van der Waals surface area contributed by atoms with Gasteiger partial charge in [-0.2, -0.15) is 5.10 Å². The Hall–Kier alpha value is -1.23. The zero-order valence-corrected chi connectivity index (χ0v) is 13.6. The van der Waals surface area contributed by atoms with Gasteiger partial charge in [0.2, 0.25) is 0 Å². The fraction of sp³-hybridized carbons (Fsp3) is 0.571. The Morgan fingerprint density at radius 2 is 1.95 bits per heavy atom. The number of nitrogens with one attached hydrogen (secondary N) is 1. The van der Waals surface area contributed by atoms with Crippen LogP contribution in [0.1, 0.15) is 45.1 Å². The van der Waals surface area contributed by atoms with Crippen molar-refractivity contribution in [1.82, 2.24) is 10.2 Å². The predicted octanol–water partition coefficient (Wildman–Crippen LogP) is 3.75. The fourth-order valence-corrected chi connectivity index (χ4v) is 2.51. The van der Waals surface area contributed by atoms with Crippen LogP contribution in [0.15, 0.2) is 29.6 Å². The average Bonchev–Trinajstić information content (AvgIpc) is 2.49. The summed E-state index contributed by atoms with van der Waals surface area (Å²) in [5.74, 6) is 0. The molecular formula is C14H24N3O3P. The highest BCUT2D eigenvalue weighted by atomic mass is 31.2. The highest BCUT2D eigenvalue weighted by Crippen LogP contribution is 2.43. The van der Waals surface area contributed by atoms with Gasteiger partial charge in [0.1, 0.15) is 0 Å². The number of unbranched alkanes of at least 4 members (excludes halogenated alkanes) is 2. The molecule has 0 aliphatic carbocycles. The van der Waals surface area contributed by atoms with Crippen molar-refractivity contribution in [3.63, 3.8) is 0 Å². The van der Waals surface area contributed by atoms with Crippen LogP contribution in [0.3, 0.4) is 0 Å². The number of pyridine rings is 1. The molecule has 0 aliphatic rings. The third kappa shape index (κ3) is 7.95. The standard InChI is InChI=1S/C14H24N3O3P/c1-3-5-10-19-21(18,20-11-6-4-2)17-16-13-14-8-7-9-15-12-14/h7-9,12-13H,3-6,10-11H2,1-2H3,(H,17,18)/b16-13+. The number of hydrogen-bond donors (Lipinski definition) is 1. The van der Waals surface area contributed by atoms with E-state index >= 15 is 0 Å². The zero-order chi connectivity index (χ0) is 15.4. The van der Waals surface area contributed by atoms with Crippen LogP contribution in [0.5, 0.6) is 0 Å². The lowest BCUT2D eigenvalue weighted by molar-refractivity contribution is 0.192. The SMILES string of the molecule is CCCCOP(=O)(N/N=C/c1cccnc1)OCCCC. The van der Waals surface area contributed by atoms with Gasteiger partial charge in [-0.3, -0.25) is 14.0 Å². The molecule has 0 spiro atoms. The van der Waals surface area contributed by atoms with Crippen LogP contribution in [-0.2, 0) is 13.6 Å². The van der Waals surface area contributed by atoms with E-state index in [-0.39, 0.29) is 0 Å². The van der Waals surface area contributed by atoms with Gasteiger partial charge in [0.25, 0.3) is 0 Å². The number of nitrogens with zero attached hydrogens (tertiary/aromatic N) is 2. The van der Waals surface area contributed by atoms with Crippen molar-refractivity contribution < 1.29 is 13.6 Å². The highest BCUT2D eigenvalue weighted by Gasteiger charge is 2.23. The van der Waals surface area contributed by atoms with Crippen LogP contribution in [0.4, 0.5) is 0 Å². The van der Waals surface area contributed by atoms with Gasteiger partial charge in [-0.15, -0.1) is 0 Å². The van der Waals surface area contributed by atoms with Gasteiger partial charge in [0, 0.05) is 18.0 Å². The summed E-state index contributed by atoms with van der Waals surface area (Å²) in [6, 6.07) is 3.65. The van der Waals surface area contributed by atoms with Gasteiger partial charge < -0.3 is 0 Å². The van der Waals surface area contributed by atoms with Gasteiger partial charge in [0.15, 0.2) is 0 Å². The van der Waals surface area contributed by atoms with E-state index in [1.54, 1.807) is 18.5 Å². The van der Waals surface area contributed by atoms with Gasteiger partial charge in [-0.1, -0.05) is 32.8 Å². The molecule has 1 heterocycles. The molecule has 118 valence electrons. The molecule has 1 rings (SSSR count). The van der Waals surface area contributed by atoms with Crippen molar-refractivity contribution in [2.45, 2.75) is 39.5 Å². The molecule has 0 radical (unpaired) electrons. The largest absolute Gasteiger partial charge is 0.448 e. The number of hydrazone groups is 1. The van der Waals surface area contributed by atoms with Crippen molar-refractivity contribution in [2.75, 3.05) is 13.2 Å². The van der Waals surface area contributed by atoms with E-state index in [1.807, 2.05) is 19.9 Å². The van der Waals surface area contributed by atoms with E-state index in [4.69, 9.17) is 9.05 Å². The summed E-state index contributed by atoms with van der Waals surface area (Å²) in [7, 11) is -3.38. The minimum absolute atomic E-state index is 0.384. The van der Waals surface area contributed by atoms with Crippen LogP contribution >= 0.6 is 7.75 Å². The maximum Gasteiger partial charge on any atom is 0.448 e. The first-order valence-electron chi connectivity index (χ1n) is 7.29. The fourth-order valence-electron chi connectivity index (χ4n) is 1.38. The van der Waals surface area contributed by atoms with Gasteiger partial charge >= 0.3 is 7.75 Å². The minimum Gasteiger partial charge on any atom is -0.291 e. The summed E-state index contributed by atoms with van der Waals surface area (Å²) < 4.78 is 23.2. The molecular weight excluding hydrogens is 289 g/mol. The molecule has 0 unspecified atom stereocenters. The lowest BCUT2D eigenvalue weighted by atomic mass is 10.3. The van der Waals surface area contributed by atoms with Gasteiger partial charge in [-0.05, 0) is 18.9 Å². The minimum atomic E-state index is -3.38. The van der Waals surface area contributed by atoms with E-state index < -0.39 is 7.75 Å². The Balaban J connectivity index is 2.54. The third-order valence-corrected chi connectivity index (χ3v) is 4.00. The lowest BCUT2D eigenvalue weighted by Crippen LogP contribution is -2.11. The molecule has 0 saturated carbocycles. The Bertz CT molecular complexity index is 440. The first-order chi connectivity index (χ1) is 10.2. The highest BCUT2D eigenvalue weighted by molar-refractivity contribution is 7.51. The van der Waals surface area contributed by atoms with Gasteiger partial charge in [-0.25, -0.2) is 9.76 Å². The van der Waals surface area contributed by atoms with E-state index in [9.17, 15) is 4.57 Å². The summed E-state index contributed by atoms with van der Waals surface area (Å²) in [5.41, 5.74) is 0.804. The van der Waals surface area contributed by atoms with Crippen molar-refractivity contribution in [1.29, 1.82) is 0 Å². The van der Waals surface area contributed by atoms with Crippen LogP contribution in [0.25, 0.3) is 0 Å². The second-order valence-electron chi connectivity index (χ2n) is 4.52. The topological polar surface area (TPSA) is 72.8 Å². The van der Waals surface area contributed by atoms with Crippen LogP contribution in [-0.4, -0.2) is 24.4 Å². The Labute approximate surface area is 126 Å². The molecule has 6 nitrogen and oxygen atoms in total. The zero-order valence-electron chi connectivity index (χ0n) is 12.7. The van der Waals surface area contributed by atoms with E-state index in [1.165, 1.54) is 6.21 Å². The van der Waals surface area contributed by atoms with Crippen LogP contribution in [0, 0.1) is 0 Å². The van der Waals surface area contributed by atoms with Gasteiger partial charge in [0.05, 0.1) is 19.4 Å². The molecule has 0 atom stereocenters. The Morgan fingerprint density at radius 3 is 2.48 bits per heavy atom. The molecule has 0 aromatic carbocycles. The van der Waals surface area contributed by atoms with Crippen molar-refractivity contribution in [2.24, 2.45) is 5.10 Å². The van der Waals surface area contributed by atoms with Crippen molar-refractivity contribution in [3.8, 4) is 0 Å². The maximum absolute atomic E-state index is 12.5. The van der Waals surface area contributed by atoms with Crippen LogP contribution in [0.2, 0.25) is 0 Å². The maximum atomic E-state index is 12.5. The lowest BCUT2D eigenvalue weighted by Gasteiger charge is -2.17. The average molecular weight is 313 g/mol.